The third kappa shape index (κ3) is 2.68. The average Bonchev–Trinajstić information content (AvgIpc) is 3.00. The van der Waals surface area contributed by atoms with E-state index in [2.05, 4.69) is 9.88 Å². The van der Waals surface area contributed by atoms with E-state index >= 15 is 0 Å². The lowest BCUT2D eigenvalue weighted by Crippen LogP contribution is -2.50. The zero-order valence-electron chi connectivity index (χ0n) is 15.0. The highest BCUT2D eigenvalue weighted by molar-refractivity contribution is 5.73. The van der Waals surface area contributed by atoms with Gasteiger partial charge in [0.05, 0.1) is 18.8 Å². The number of nitrogen functional groups attached to an aromatic ring is 1. The van der Waals surface area contributed by atoms with Crippen LogP contribution in [0.25, 0.3) is 11.1 Å². The van der Waals surface area contributed by atoms with E-state index in [-0.39, 0.29) is 22.8 Å². The molecule has 138 valence electrons. The first-order valence-corrected chi connectivity index (χ1v) is 9.02. The van der Waals surface area contributed by atoms with Crippen molar-refractivity contribution in [2.75, 3.05) is 36.9 Å². The van der Waals surface area contributed by atoms with E-state index in [1.54, 1.807) is 11.6 Å². The smallest absolute Gasteiger partial charge is 0.264 e. The van der Waals surface area contributed by atoms with Crippen molar-refractivity contribution in [3.63, 3.8) is 0 Å². The van der Waals surface area contributed by atoms with Crippen LogP contribution in [0.1, 0.15) is 12.8 Å². The summed E-state index contributed by atoms with van der Waals surface area (Å²) >= 11 is 0. The molecule has 0 saturated carbocycles. The molecule has 4 N–H and O–H groups in total. The monoisotopic (exact) mass is 355 g/mol. The van der Waals surface area contributed by atoms with Gasteiger partial charge in [0, 0.05) is 31.6 Å². The molecule has 2 fully saturated rings. The normalized spacial score (nSPS) is 22.1. The molecular formula is C19H25N5O2. The Balaban J connectivity index is 1.64. The number of piperidine rings is 1. The molecule has 2 saturated heterocycles. The van der Waals surface area contributed by atoms with Gasteiger partial charge in [-0.3, -0.25) is 9.36 Å². The Kier molecular flexibility index (Phi) is 4.20. The predicted octanol–water partition coefficient (Wildman–Crippen LogP) is 0.974. The zero-order chi connectivity index (χ0) is 18.3. The first-order chi connectivity index (χ1) is 12.5. The van der Waals surface area contributed by atoms with Crippen LogP contribution in [-0.2, 0) is 11.8 Å². The Morgan fingerprint density at radius 2 is 1.92 bits per heavy atom. The molecule has 7 nitrogen and oxygen atoms in total. The standard InChI is InChI=1S/C19H25N5O2/c1-23-17(25)15(13-5-3-2-4-6-13)16(21)22-18(23)24-9-7-19(8-10-24)12-26-11-14(19)20/h2-6,14H,7-12,20-21H2,1H3/t14-/m1/s1. The molecule has 0 unspecified atom stereocenters. The quantitative estimate of drug-likeness (QED) is 0.833. The second-order valence-electron chi connectivity index (χ2n) is 7.37. The van der Waals surface area contributed by atoms with Crippen LogP contribution >= 0.6 is 0 Å². The number of hydrogen-bond acceptors (Lipinski definition) is 6. The van der Waals surface area contributed by atoms with Gasteiger partial charge in [0.1, 0.15) is 5.82 Å². The van der Waals surface area contributed by atoms with Crippen molar-refractivity contribution in [3.8, 4) is 11.1 Å². The number of nitrogens with two attached hydrogens (primary N) is 2. The molecule has 0 amide bonds. The van der Waals surface area contributed by atoms with Gasteiger partial charge < -0.3 is 21.1 Å². The van der Waals surface area contributed by atoms with E-state index in [4.69, 9.17) is 16.2 Å². The maximum absolute atomic E-state index is 12.9. The molecule has 0 bridgehead atoms. The number of hydrogen-bond donors (Lipinski definition) is 2. The summed E-state index contributed by atoms with van der Waals surface area (Å²) in [5.41, 5.74) is 13.6. The summed E-state index contributed by atoms with van der Waals surface area (Å²) in [6.45, 7) is 2.95. The lowest BCUT2D eigenvalue weighted by molar-refractivity contribution is 0.131. The summed E-state index contributed by atoms with van der Waals surface area (Å²) < 4.78 is 7.18. The van der Waals surface area contributed by atoms with Crippen molar-refractivity contribution in [1.82, 2.24) is 9.55 Å². The highest BCUT2D eigenvalue weighted by atomic mass is 16.5. The van der Waals surface area contributed by atoms with Crippen LogP contribution < -0.4 is 21.9 Å². The van der Waals surface area contributed by atoms with Gasteiger partial charge in [-0.05, 0) is 18.4 Å². The van der Waals surface area contributed by atoms with Gasteiger partial charge in [-0.15, -0.1) is 0 Å². The number of nitrogens with zero attached hydrogens (tertiary/aromatic N) is 3. The van der Waals surface area contributed by atoms with Crippen LogP contribution in [0.4, 0.5) is 11.8 Å². The maximum atomic E-state index is 12.9. The van der Waals surface area contributed by atoms with Gasteiger partial charge in [0.2, 0.25) is 5.95 Å². The third-order valence-corrected chi connectivity index (χ3v) is 5.87. The van der Waals surface area contributed by atoms with Crippen LogP contribution in [0.2, 0.25) is 0 Å². The molecule has 4 rings (SSSR count). The minimum absolute atomic E-state index is 0.0604. The first kappa shape index (κ1) is 17.1. The maximum Gasteiger partial charge on any atom is 0.264 e. The van der Waals surface area contributed by atoms with Crippen molar-refractivity contribution in [2.24, 2.45) is 18.2 Å². The van der Waals surface area contributed by atoms with Gasteiger partial charge in [-0.2, -0.15) is 4.98 Å². The highest BCUT2D eigenvalue weighted by Crippen LogP contribution is 2.39. The van der Waals surface area contributed by atoms with E-state index in [0.29, 0.717) is 18.1 Å². The molecule has 2 aromatic rings. The summed E-state index contributed by atoms with van der Waals surface area (Å²) in [4.78, 5) is 19.6. The van der Waals surface area contributed by atoms with Crippen molar-refractivity contribution in [1.29, 1.82) is 0 Å². The van der Waals surface area contributed by atoms with Gasteiger partial charge >= 0.3 is 0 Å². The first-order valence-electron chi connectivity index (χ1n) is 9.02. The second kappa shape index (κ2) is 6.41. The number of aromatic nitrogens is 2. The number of ether oxygens (including phenoxy) is 1. The van der Waals surface area contributed by atoms with Gasteiger partial charge in [0.25, 0.3) is 5.56 Å². The molecule has 3 heterocycles. The predicted molar refractivity (Wildman–Crippen MR) is 102 cm³/mol. The van der Waals surface area contributed by atoms with E-state index in [1.807, 2.05) is 30.3 Å². The van der Waals surface area contributed by atoms with E-state index in [1.165, 1.54) is 0 Å². The van der Waals surface area contributed by atoms with E-state index in [0.717, 1.165) is 38.1 Å². The second-order valence-corrected chi connectivity index (χ2v) is 7.37. The third-order valence-electron chi connectivity index (χ3n) is 5.87. The molecule has 26 heavy (non-hydrogen) atoms. The Labute approximate surface area is 152 Å². The van der Waals surface area contributed by atoms with Crippen LogP contribution in [0.5, 0.6) is 0 Å². The lowest BCUT2D eigenvalue weighted by atomic mass is 9.75. The van der Waals surface area contributed by atoms with Crippen molar-refractivity contribution < 1.29 is 4.74 Å². The SMILES string of the molecule is Cn1c(N2CCC3(CC2)COC[C@H]3N)nc(N)c(-c2ccccc2)c1=O. The fourth-order valence-corrected chi connectivity index (χ4v) is 4.11. The summed E-state index contributed by atoms with van der Waals surface area (Å²) in [7, 11) is 1.76. The van der Waals surface area contributed by atoms with Gasteiger partial charge in [0.15, 0.2) is 0 Å². The fourth-order valence-electron chi connectivity index (χ4n) is 4.11. The van der Waals surface area contributed by atoms with Crippen molar-refractivity contribution >= 4 is 11.8 Å². The molecule has 1 spiro atoms. The van der Waals surface area contributed by atoms with E-state index in [9.17, 15) is 4.79 Å². The molecule has 7 heteroatoms. The minimum Gasteiger partial charge on any atom is -0.383 e. The van der Waals surface area contributed by atoms with Crippen LogP contribution in [0.3, 0.4) is 0 Å². The molecular weight excluding hydrogens is 330 g/mol. The molecule has 0 radical (unpaired) electrons. The lowest BCUT2D eigenvalue weighted by Gasteiger charge is -2.41. The molecule has 1 atom stereocenters. The Bertz CT molecular complexity index is 856. The Morgan fingerprint density at radius 3 is 2.54 bits per heavy atom. The molecule has 2 aliphatic heterocycles. The Hall–Kier alpha value is -2.38. The van der Waals surface area contributed by atoms with Gasteiger partial charge in [-0.1, -0.05) is 30.3 Å². The molecule has 1 aromatic heterocycles. The summed E-state index contributed by atoms with van der Waals surface area (Å²) in [5.74, 6) is 0.894. The number of rotatable bonds is 2. The minimum atomic E-state index is -0.125. The molecule has 0 aliphatic carbocycles. The summed E-state index contributed by atoms with van der Waals surface area (Å²) in [6.07, 6.45) is 1.87. The van der Waals surface area contributed by atoms with Crippen molar-refractivity contribution in [2.45, 2.75) is 18.9 Å². The Morgan fingerprint density at radius 1 is 1.23 bits per heavy atom. The summed E-state index contributed by atoms with van der Waals surface area (Å²) in [6, 6.07) is 9.53. The largest absolute Gasteiger partial charge is 0.383 e. The highest BCUT2D eigenvalue weighted by Gasteiger charge is 2.44. The van der Waals surface area contributed by atoms with E-state index < -0.39 is 0 Å². The van der Waals surface area contributed by atoms with Gasteiger partial charge in [-0.25, -0.2) is 0 Å². The number of anilines is 2. The topological polar surface area (TPSA) is 99.4 Å². The average molecular weight is 355 g/mol. The van der Waals surface area contributed by atoms with Crippen molar-refractivity contribution in [3.05, 3.63) is 40.7 Å². The van der Waals surface area contributed by atoms with Crippen LogP contribution in [0, 0.1) is 5.41 Å². The number of benzene rings is 1. The molecule has 1 aromatic carbocycles. The zero-order valence-corrected chi connectivity index (χ0v) is 15.0. The fraction of sp³-hybridized carbons (Fsp3) is 0.474. The molecule has 2 aliphatic rings. The van der Waals surface area contributed by atoms with Crippen LogP contribution in [-0.4, -0.2) is 41.9 Å². The summed E-state index contributed by atoms with van der Waals surface area (Å²) in [5, 5.41) is 0. The van der Waals surface area contributed by atoms with Crippen LogP contribution in [0.15, 0.2) is 35.1 Å².